The molecule has 4 nitrogen and oxygen atoms in total. The van der Waals surface area contributed by atoms with E-state index >= 15 is 0 Å². The zero-order valence-corrected chi connectivity index (χ0v) is 24.7. The number of para-hydroxylation sites is 3. The summed E-state index contributed by atoms with van der Waals surface area (Å²) < 4.78 is 14.8. The molecule has 46 heavy (non-hydrogen) atoms. The molecular weight excluding hydrogens is 564 g/mol. The molecule has 2 atom stereocenters. The van der Waals surface area contributed by atoms with Crippen molar-refractivity contribution in [1.29, 1.82) is 0 Å². The Balaban J connectivity index is 1.18. The molecule has 1 aliphatic heterocycles. The molecule has 2 aliphatic rings. The topological polar surface area (TPSA) is 34.5 Å². The van der Waals surface area contributed by atoms with Gasteiger partial charge in [-0.15, -0.1) is 0 Å². The summed E-state index contributed by atoms with van der Waals surface area (Å²) in [6.45, 7) is 0. The Morgan fingerprint density at radius 1 is 0.478 bits per heavy atom. The van der Waals surface area contributed by atoms with Crippen molar-refractivity contribution in [2.75, 3.05) is 4.90 Å². The van der Waals surface area contributed by atoms with E-state index < -0.39 is 0 Å². The number of fused-ring (bicyclic) bond motifs is 13. The molecular formula is C42H26N2O2. The number of anilines is 2. The normalized spacial score (nSPS) is 17.3. The van der Waals surface area contributed by atoms with Crippen molar-refractivity contribution in [2.45, 2.75) is 12.0 Å². The number of furan rings is 2. The number of allylic oxidation sites excluding steroid dienone is 2. The molecule has 3 aromatic heterocycles. The van der Waals surface area contributed by atoms with Crippen molar-refractivity contribution >= 4 is 77.1 Å². The van der Waals surface area contributed by atoms with Crippen LogP contribution in [0.2, 0.25) is 0 Å². The van der Waals surface area contributed by atoms with Crippen LogP contribution in [0.15, 0.2) is 154 Å². The summed E-state index contributed by atoms with van der Waals surface area (Å²) >= 11 is 0. The molecule has 0 radical (unpaired) electrons. The highest BCUT2D eigenvalue weighted by atomic mass is 16.3. The fraction of sp³-hybridized carbons (Fsp3) is 0.0476. The lowest BCUT2D eigenvalue weighted by atomic mass is 9.88. The molecule has 0 spiro atoms. The molecule has 11 rings (SSSR count). The second kappa shape index (κ2) is 8.80. The standard InChI is InChI=1S/C42H26N2O2/c1-5-13-33-29(11-1)41-35(43(33)25-17-21-39-31(23-25)27-9-3-7-15-37(27)45-39)19-20-36-42(41)30-12-2-6-14-34(30)44(36)26-18-22-40-32(24-26)28-10-4-8-16-38(28)46-40/h1-24,29,33H. The smallest absolute Gasteiger partial charge is 0.135 e. The van der Waals surface area contributed by atoms with E-state index in [1.165, 1.54) is 38.7 Å². The molecule has 9 aromatic rings. The van der Waals surface area contributed by atoms with Crippen LogP contribution in [0.1, 0.15) is 11.5 Å². The van der Waals surface area contributed by atoms with E-state index in [0.717, 1.165) is 49.6 Å². The van der Waals surface area contributed by atoms with E-state index in [9.17, 15) is 0 Å². The van der Waals surface area contributed by atoms with Crippen LogP contribution in [0.25, 0.3) is 71.4 Å². The summed E-state index contributed by atoms with van der Waals surface area (Å²) in [6, 6.07) is 43.5. The summed E-state index contributed by atoms with van der Waals surface area (Å²) in [6.07, 6.45) is 9.13. The first-order chi connectivity index (χ1) is 22.8. The number of hydrogen-bond acceptors (Lipinski definition) is 3. The minimum absolute atomic E-state index is 0.178. The lowest BCUT2D eigenvalue weighted by Crippen LogP contribution is -2.28. The van der Waals surface area contributed by atoms with Gasteiger partial charge in [-0.2, -0.15) is 0 Å². The van der Waals surface area contributed by atoms with Crippen molar-refractivity contribution in [3.63, 3.8) is 0 Å². The number of hydrogen-bond donors (Lipinski definition) is 0. The van der Waals surface area contributed by atoms with Crippen molar-refractivity contribution < 1.29 is 8.83 Å². The van der Waals surface area contributed by atoms with Gasteiger partial charge in [0.1, 0.15) is 22.3 Å². The fourth-order valence-corrected chi connectivity index (χ4v) is 8.20. The molecule has 4 heteroatoms. The highest BCUT2D eigenvalue weighted by Gasteiger charge is 2.39. The van der Waals surface area contributed by atoms with Gasteiger partial charge in [0.15, 0.2) is 0 Å². The van der Waals surface area contributed by atoms with Crippen molar-refractivity contribution in [3.8, 4) is 5.69 Å². The van der Waals surface area contributed by atoms with Crippen LogP contribution in [-0.4, -0.2) is 10.6 Å². The molecule has 4 heterocycles. The Kier molecular flexibility index (Phi) is 4.66. The second-order valence-electron chi connectivity index (χ2n) is 12.5. The van der Waals surface area contributed by atoms with Crippen LogP contribution < -0.4 is 4.90 Å². The highest BCUT2D eigenvalue weighted by molar-refractivity contribution is 6.15. The Bertz CT molecular complexity index is 2790. The van der Waals surface area contributed by atoms with E-state index in [2.05, 4.69) is 131 Å². The molecule has 1 aliphatic carbocycles. The maximum absolute atomic E-state index is 6.19. The van der Waals surface area contributed by atoms with E-state index in [4.69, 9.17) is 8.83 Å². The predicted molar refractivity (Wildman–Crippen MR) is 189 cm³/mol. The monoisotopic (exact) mass is 590 g/mol. The van der Waals surface area contributed by atoms with Gasteiger partial charge in [-0.25, -0.2) is 0 Å². The number of nitrogens with zero attached hydrogens (tertiary/aromatic N) is 2. The summed E-state index contributed by atoms with van der Waals surface area (Å²) in [5, 5.41) is 7.15. The van der Waals surface area contributed by atoms with Crippen molar-refractivity contribution in [3.05, 3.63) is 151 Å². The Labute approximate surface area is 263 Å². The van der Waals surface area contributed by atoms with Crippen LogP contribution in [0.5, 0.6) is 0 Å². The Morgan fingerprint density at radius 3 is 1.85 bits per heavy atom. The quantitative estimate of drug-likeness (QED) is 0.201. The van der Waals surface area contributed by atoms with Gasteiger partial charge in [-0.1, -0.05) is 78.9 Å². The molecule has 6 aromatic carbocycles. The average Bonchev–Trinajstić information content (AvgIpc) is 3.85. The second-order valence-corrected chi connectivity index (χ2v) is 12.5. The van der Waals surface area contributed by atoms with Gasteiger partial charge in [0.25, 0.3) is 0 Å². The van der Waals surface area contributed by atoms with Crippen LogP contribution in [0, 0.1) is 0 Å². The minimum Gasteiger partial charge on any atom is -0.456 e. The van der Waals surface area contributed by atoms with Crippen molar-refractivity contribution in [1.82, 2.24) is 4.57 Å². The molecule has 2 unspecified atom stereocenters. The predicted octanol–water partition coefficient (Wildman–Crippen LogP) is 11.3. The summed E-state index contributed by atoms with van der Waals surface area (Å²) in [5.74, 6) is 0.222. The summed E-state index contributed by atoms with van der Waals surface area (Å²) in [5.41, 5.74) is 11.0. The largest absolute Gasteiger partial charge is 0.456 e. The maximum Gasteiger partial charge on any atom is 0.135 e. The van der Waals surface area contributed by atoms with Gasteiger partial charge in [0, 0.05) is 55.3 Å². The van der Waals surface area contributed by atoms with Crippen LogP contribution in [0.4, 0.5) is 11.4 Å². The van der Waals surface area contributed by atoms with E-state index in [0.29, 0.717) is 0 Å². The lowest BCUT2D eigenvalue weighted by Gasteiger charge is -2.28. The Hall–Kier alpha value is -6.00. The van der Waals surface area contributed by atoms with Crippen LogP contribution >= 0.6 is 0 Å². The van der Waals surface area contributed by atoms with E-state index in [1.54, 1.807) is 0 Å². The van der Waals surface area contributed by atoms with Crippen LogP contribution in [-0.2, 0) is 0 Å². The van der Waals surface area contributed by atoms with Gasteiger partial charge in [-0.05, 0) is 72.3 Å². The fourth-order valence-electron chi connectivity index (χ4n) is 8.20. The lowest BCUT2D eigenvalue weighted by molar-refractivity contribution is 0.668. The van der Waals surface area contributed by atoms with Gasteiger partial charge in [0.05, 0.1) is 17.1 Å². The first kappa shape index (κ1) is 24.3. The minimum atomic E-state index is 0.178. The zero-order chi connectivity index (χ0) is 29.9. The van der Waals surface area contributed by atoms with Gasteiger partial charge in [0.2, 0.25) is 0 Å². The number of aromatic nitrogens is 1. The molecule has 0 amide bonds. The summed E-state index contributed by atoms with van der Waals surface area (Å²) in [7, 11) is 0. The number of rotatable bonds is 2. The van der Waals surface area contributed by atoms with Gasteiger partial charge < -0.3 is 18.3 Å². The van der Waals surface area contributed by atoms with Gasteiger partial charge >= 0.3 is 0 Å². The molecule has 0 saturated carbocycles. The van der Waals surface area contributed by atoms with Crippen molar-refractivity contribution in [2.24, 2.45) is 0 Å². The first-order valence-electron chi connectivity index (χ1n) is 15.9. The maximum atomic E-state index is 6.19. The molecule has 0 saturated heterocycles. The Morgan fingerprint density at radius 2 is 1.09 bits per heavy atom. The third kappa shape index (κ3) is 3.13. The number of benzene rings is 6. The average molecular weight is 591 g/mol. The van der Waals surface area contributed by atoms with E-state index in [1.807, 2.05) is 24.3 Å². The zero-order valence-electron chi connectivity index (χ0n) is 24.7. The molecule has 0 bridgehead atoms. The molecule has 0 N–H and O–H groups in total. The highest BCUT2D eigenvalue weighted by Crippen LogP contribution is 2.53. The van der Waals surface area contributed by atoms with E-state index in [-0.39, 0.29) is 12.0 Å². The SMILES string of the molecule is C1=CC2c3c(ccc4c3c3ccccc3n4-c3ccc4oc5ccccc5c4c3)N(c3ccc4oc5ccccc5c4c3)C2C=C1. The van der Waals surface area contributed by atoms with Crippen LogP contribution in [0.3, 0.4) is 0 Å². The molecule has 0 fully saturated rings. The third-order valence-corrected chi connectivity index (χ3v) is 10.1. The molecule has 216 valence electrons. The first-order valence-corrected chi connectivity index (χ1v) is 15.9. The third-order valence-electron chi connectivity index (χ3n) is 10.1. The summed E-state index contributed by atoms with van der Waals surface area (Å²) in [4.78, 5) is 2.52. The van der Waals surface area contributed by atoms with Gasteiger partial charge in [-0.3, -0.25) is 0 Å².